The Hall–Kier alpha value is -3.02. The van der Waals surface area contributed by atoms with Crippen molar-refractivity contribution in [2.24, 2.45) is 0 Å². The van der Waals surface area contributed by atoms with Crippen LogP contribution >= 0.6 is 11.8 Å². The van der Waals surface area contributed by atoms with Crippen molar-refractivity contribution < 1.29 is 9.53 Å². The molecule has 2 aliphatic rings. The molecule has 2 aliphatic heterocycles. The fourth-order valence-corrected chi connectivity index (χ4v) is 5.89. The van der Waals surface area contributed by atoms with Gasteiger partial charge in [-0.15, -0.1) is 11.8 Å². The summed E-state index contributed by atoms with van der Waals surface area (Å²) in [5.74, 6) is 0.887. The van der Waals surface area contributed by atoms with E-state index in [4.69, 9.17) is 4.74 Å². The number of thioether (sulfide) groups is 1. The van der Waals surface area contributed by atoms with Gasteiger partial charge in [-0.05, 0) is 28.2 Å². The highest BCUT2D eigenvalue weighted by Gasteiger charge is 2.39. The third-order valence-electron chi connectivity index (χ3n) is 5.98. The number of carbonyl (C=O) groups excluding carboxylic acids is 1. The number of fused-ring (bicyclic) bond motifs is 3. The summed E-state index contributed by atoms with van der Waals surface area (Å²) in [6.07, 6.45) is 2.32. The van der Waals surface area contributed by atoms with E-state index >= 15 is 0 Å². The molecular weight excluding hydrogens is 416 g/mol. The van der Waals surface area contributed by atoms with E-state index in [1.807, 2.05) is 18.2 Å². The Balaban J connectivity index is 1.41. The molecule has 5 heteroatoms. The number of amides is 1. The van der Waals surface area contributed by atoms with E-state index in [2.05, 4.69) is 77.0 Å². The van der Waals surface area contributed by atoms with Crippen LogP contribution in [-0.2, 0) is 13.1 Å². The second-order valence-electron chi connectivity index (χ2n) is 8.21. The van der Waals surface area contributed by atoms with Gasteiger partial charge in [0.2, 0.25) is 0 Å². The minimum absolute atomic E-state index is 0.0107. The first-order chi connectivity index (χ1) is 15.7. The highest BCUT2D eigenvalue weighted by Crippen LogP contribution is 2.47. The molecule has 2 unspecified atom stereocenters. The maximum absolute atomic E-state index is 12.7. The summed E-state index contributed by atoms with van der Waals surface area (Å²) in [6, 6.07) is 26.9. The molecule has 0 spiro atoms. The van der Waals surface area contributed by atoms with Crippen LogP contribution in [0.15, 0.2) is 89.8 Å². The number of ether oxygens (including phenoxy) is 1. The quantitative estimate of drug-likeness (QED) is 0.547. The number of benzene rings is 3. The average molecular weight is 443 g/mol. The monoisotopic (exact) mass is 442 g/mol. The Labute approximate surface area is 193 Å². The average Bonchev–Trinajstić information content (AvgIpc) is 3.22. The van der Waals surface area contributed by atoms with Gasteiger partial charge in [-0.25, -0.2) is 0 Å². The van der Waals surface area contributed by atoms with Gasteiger partial charge in [0.05, 0.1) is 12.5 Å². The minimum atomic E-state index is -0.0206. The van der Waals surface area contributed by atoms with Crippen molar-refractivity contribution in [3.05, 3.63) is 112 Å². The molecule has 1 N–H and O–H groups in total. The lowest BCUT2D eigenvalue weighted by Crippen LogP contribution is -2.40. The van der Waals surface area contributed by atoms with Crippen molar-refractivity contribution in [1.82, 2.24) is 10.2 Å². The van der Waals surface area contributed by atoms with Gasteiger partial charge in [-0.2, -0.15) is 0 Å². The van der Waals surface area contributed by atoms with Crippen LogP contribution in [0.1, 0.15) is 33.0 Å². The molecule has 0 aliphatic carbocycles. The molecule has 2 atom stereocenters. The molecule has 0 bridgehead atoms. The first-order valence-electron chi connectivity index (χ1n) is 10.9. The van der Waals surface area contributed by atoms with Gasteiger partial charge >= 0.3 is 0 Å². The summed E-state index contributed by atoms with van der Waals surface area (Å²) in [6.45, 7) is 2.58. The number of carbonyl (C=O) groups is 1. The van der Waals surface area contributed by atoms with Crippen molar-refractivity contribution in [3.8, 4) is 5.75 Å². The normalized spacial score (nSPS) is 19.2. The molecular formula is C27H26N2O2S. The van der Waals surface area contributed by atoms with E-state index in [0.717, 1.165) is 30.9 Å². The lowest BCUT2D eigenvalue weighted by molar-refractivity contribution is 0.0937. The molecule has 0 saturated carbocycles. The maximum Gasteiger partial charge on any atom is 0.252 e. The largest absolute Gasteiger partial charge is 0.496 e. The lowest BCUT2D eigenvalue weighted by atomic mass is 9.89. The van der Waals surface area contributed by atoms with Crippen LogP contribution in [0.3, 0.4) is 0 Å². The Morgan fingerprint density at radius 1 is 0.875 bits per heavy atom. The molecule has 4 nitrogen and oxygen atoms in total. The molecule has 0 saturated heterocycles. The first kappa shape index (κ1) is 20.9. The third-order valence-corrected chi connectivity index (χ3v) is 7.22. The summed E-state index contributed by atoms with van der Waals surface area (Å²) in [5, 5.41) is 3.20. The summed E-state index contributed by atoms with van der Waals surface area (Å²) >= 11 is 1.76. The van der Waals surface area contributed by atoms with Crippen LogP contribution in [0, 0.1) is 0 Å². The molecule has 3 aromatic rings. The Morgan fingerprint density at radius 3 is 2.16 bits per heavy atom. The Morgan fingerprint density at radius 2 is 1.53 bits per heavy atom. The highest BCUT2D eigenvalue weighted by atomic mass is 32.2. The van der Waals surface area contributed by atoms with Gasteiger partial charge in [0.25, 0.3) is 5.91 Å². The van der Waals surface area contributed by atoms with Crippen LogP contribution in [0.25, 0.3) is 0 Å². The van der Waals surface area contributed by atoms with E-state index in [1.54, 1.807) is 18.9 Å². The topological polar surface area (TPSA) is 41.6 Å². The number of rotatable bonds is 7. The molecule has 162 valence electrons. The Kier molecular flexibility index (Phi) is 6.02. The van der Waals surface area contributed by atoms with E-state index in [1.165, 1.54) is 16.0 Å². The number of nitrogens with one attached hydrogen (secondary N) is 1. The van der Waals surface area contributed by atoms with Gasteiger partial charge in [0.1, 0.15) is 5.75 Å². The van der Waals surface area contributed by atoms with E-state index in [-0.39, 0.29) is 17.2 Å². The molecule has 0 aromatic heterocycles. The highest BCUT2D eigenvalue weighted by molar-refractivity contribution is 8.04. The standard InChI is InChI=1S/C27H26N2O2S/c1-31-24-14-8-13-22-25(24)23-15-21(32-27(23)28-26(22)30)18-29(16-19-9-4-2-5-10-19)17-20-11-6-3-7-12-20/h2-15,23,27H,16-18H2,1H3,(H,28,30). The zero-order chi connectivity index (χ0) is 21.9. The van der Waals surface area contributed by atoms with Gasteiger partial charge in [-0.3, -0.25) is 9.69 Å². The molecule has 32 heavy (non-hydrogen) atoms. The summed E-state index contributed by atoms with van der Waals surface area (Å²) < 4.78 is 5.61. The van der Waals surface area contributed by atoms with Crippen molar-refractivity contribution in [2.45, 2.75) is 24.4 Å². The molecule has 0 fully saturated rings. The predicted molar refractivity (Wildman–Crippen MR) is 130 cm³/mol. The third kappa shape index (κ3) is 4.31. The SMILES string of the molecule is COc1cccc2c1C1C=C(CN(Cc3ccccc3)Cc3ccccc3)SC1NC2=O. The first-order valence-corrected chi connectivity index (χ1v) is 11.7. The predicted octanol–water partition coefficient (Wildman–Crippen LogP) is 5.18. The zero-order valence-corrected chi connectivity index (χ0v) is 18.8. The Bertz CT molecular complexity index is 1090. The fraction of sp³-hybridized carbons (Fsp3) is 0.222. The van der Waals surface area contributed by atoms with Crippen molar-refractivity contribution in [1.29, 1.82) is 0 Å². The zero-order valence-electron chi connectivity index (χ0n) is 18.0. The molecule has 3 aromatic carbocycles. The molecule has 2 heterocycles. The van der Waals surface area contributed by atoms with Crippen LogP contribution in [-0.4, -0.2) is 29.8 Å². The fourth-order valence-electron chi connectivity index (χ4n) is 4.55. The van der Waals surface area contributed by atoms with Crippen LogP contribution in [0.4, 0.5) is 0 Å². The summed E-state index contributed by atoms with van der Waals surface area (Å²) in [4.78, 5) is 16.4. The van der Waals surface area contributed by atoms with E-state index in [9.17, 15) is 4.79 Å². The molecule has 5 rings (SSSR count). The van der Waals surface area contributed by atoms with Crippen molar-refractivity contribution >= 4 is 17.7 Å². The lowest BCUT2D eigenvalue weighted by Gasteiger charge is -2.29. The number of hydrogen-bond donors (Lipinski definition) is 1. The minimum Gasteiger partial charge on any atom is -0.496 e. The van der Waals surface area contributed by atoms with Gasteiger partial charge < -0.3 is 10.1 Å². The molecule has 0 radical (unpaired) electrons. The van der Waals surface area contributed by atoms with Crippen LogP contribution in [0.5, 0.6) is 5.75 Å². The second kappa shape index (κ2) is 9.23. The number of methoxy groups -OCH3 is 1. The van der Waals surface area contributed by atoms with Gasteiger partial charge in [0, 0.05) is 36.7 Å². The van der Waals surface area contributed by atoms with Crippen molar-refractivity contribution in [3.63, 3.8) is 0 Å². The number of nitrogens with zero attached hydrogens (tertiary/aromatic N) is 1. The maximum atomic E-state index is 12.7. The smallest absolute Gasteiger partial charge is 0.252 e. The van der Waals surface area contributed by atoms with Gasteiger partial charge in [-0.1, -0.05) is 72.8 Å². The van der Waals surface area contributed by atoms with E-state index in [0.29, 0.717) is 5.56 Å². The van der Waals surface area contributed by atoms with E-state index < -0.39 is 0 Å². The second-order valence-corrected chi connectivity index (χ2v) is 9.48. The molecule has 1 amide bonds. The van der Waals surface area contributed by atoms with Crippen LogP contribution < -0.4 is 10.1 Å². The summed E-state index contributed by atoms with van der Waals surface area (Å²) in [7, 11) is 1.67. The van der Waals surface area contributed by atoms with Gasteiger partial charge in [0.15, 0.2) is 0 Å². The number of hydrogen-bond acceptors (Lipinski definition) is 4. The summed E-state index contributed by atoms with van der Waals surface area (Å²) in [5.41, 5.74) is 4.31. The van der Waals surface area contributed by atoms with Crippen LogP contribution in [0.2, 0.25) is 0 Å². The van der Waals surface area contributed by atoms with Crippen molar-refractivity contribution in [2.75, 3.05) is 13.7 Å².